The van der Waals surface area contributed by atoms with Crippen LogP contribution in [-0.4, -0.2) is 32.9 Å². The lowest BCUT2D eigenvalue weighted by Gasteiger charge is -2.33. The zero-order valence-electron chi connectivity index (χ0n) is 15.8. The molecule has 29 heavy (non-hydrogen) atoms. The van der Waals surface area contributed by atoms with Gasteiger partial charge in [0, 0.05) is 49.4 Å². The third-order valence-electron chi connectivity index (χ3n) is 5.21. The first kappa shape index (κ1) is 19.5. The highest BCUT2D eigenvalue weighted by Gasteiger charge is 2.31. The number of alkyl halides is 3. The van der Waals surface area contributed by atoms with Crippen LogP contribution in [0.1, 0.15) is 35.6 Å². The molecule has 1 aliphatic rings. The van der Waals surface area contributed by atoms with Crippen LogP contribution < -0.4 is 0 Å². The summed E-state index contributed by atoms with van der Waals surface area (Å²) in [6, 6.07) is 9.29. The molecule has 1 saturated heterocycles. The molecule has 1 atom stereocenters. The predicted molar refractivity (Wildman–Crippen MR) is 104 cm³/mol. The monoisotopic (exact) mass is 398 g/mol. The molecule has 0 aliphatic carbocycles. The first-order chi connectivity index (χ1) is 14.0. The second-order valence-electron chi connectivity index (χ2n) is 7.30. The van der Waals surface area contributed by atoms with E-state index in [1.807, 2.05) is 18.3 Å². The van der Waals surface area contributed by atoms with E-state index in [1.54, 1.807) is 18.5 Å². The van der Waals surface area contributed by atoms with Crippen molar-refractivity contribution in [1.29, 1.82) is 0 Å². The summed E-state index contributed by atoms with van der Waals surface area (Å²) in [5, 5.41) is 0. The van der Waals surface area contributed by atoms with Gasteiger partial charge in [0.2, 0.25) is 0 Å². The van der Waals surface area contributed by atoms with Crippen LogP contribution in [-0.2, 0) is 12.7 Å². The van der Waals surface area contributed by atoms with Gasteiger partial charge in [0.1, 0.15) is 0 Å². The quantitative estimate of drug-likeness (QED) is 0.625. The van der Waals surface area contributed by atoms with Crippen LogP contribution in [0, 0.1) is 0 Å². The van der Waals surface area contributed by atoms with Crippen molar-refractivity contribution in [2.24, 2.45) is 0 Å². The molecule has 2 aromatic heterocycles. The summed E-state index contributed by atoms with van der Waals surface area (Å²) in [6.07, 6.45) is 4.33. The SMILES string of the molecule is FC(F)(F)c1cccc(-c2nccnc2[C@@H]2CCCN(Cc3cccnc3)C2)c1. The fraction of sp³-hybridized carbons (Fsp3) is 0.318. The molecule has 0 radical (unpaired) electrons. The van der Waals surface area contributed by atoms with Crippen LogP contribution in [0.25, 0.3) is 11.3 Å². The van der Waals surface area contributed by atoms with E-state index in [-0.39, 0.29) is 5.92 Å². The van der Waals surface area contributed by atoms with Gasteiger partial charge < -0.3 is 0 Å². The number of likely N-dealkylation sites (tertiary alicyclic amines) is 1. The number of hydrogen-bond donors (Lipinski definition) is 0. The van der Waals surface area contributed by atoms with Gasteiger partial charge in [0.25, 0.3) is 0 Å². The first-order valence-corrected chi connectivity index (χ1v) is 9.60. The Morgan fingerprint density at radius 1 is 1.03 bits per heavy atom. The fourth-order valence-corrected chi connectivity index (χ4v) is 3.88. The molecule has 0 saturated carbocycles. The average Bonchev–Trinajstić information content (AvgIpc) is 2.74. The van der Waals surface area contributed by atoms with Gasteiger partial charge in [-0.2, -0.15) is 13.2 Å². The molecular weight excluding hydrogens is 377 g/mol. The molecule has 150 valence electrons. The molecule has 4 rings (SSSR count). The van der Waals surface area contributed by atoms with Gasteiger partial charge in [-0.3, -0.25) is 19.9 Å². The molecular formula is C22H21F3N4. The summed E-state index contributed by atoms with van der Waals surface area (Å²) in [6.45, 7) is 2.56. The molecule has 4 nitrogen and oxygen atoms in total. The topological polar surface area (TPSA) is 41.9 Å². The summed E-state index contributed by atoms with van der Waals surface area (Å²) in [4.78, 5) is 15.4. The van der Waals surface area contributed by atoms with Gasteiger partial charge in [0.15, 0.2) is 0 Å². The van der Waals surface area contributed by atoms with Crippen molar-refractivity contribution in [2.45, 2.75) is 31.5 Å². The number of benzene rings is 1. The maximum atomic E-state index is 13.1. The maximum absolute atomic E-state index is 13.1. The molecule has 0 unspecified atom stereocenters. The van der Waals surface area contributed by atoms with Gasteiger partial charge in [0.05, 0.1) is 17.0 Å². The number of rotatable bonds is 4. The molecule has 1 aliphatic heterocycles. The summed E-state index contributed by atoms with van der Waals surface area (Å²) in [7, 11) is 0. The lowest BCUT2D eigenvalue weighted by molar-refractivity contribution is -0.137. The third kappa shape index (κ3) is 4.62. The highest BCUT2D eigenvalue weighted by Crippen LogP contribution is 2.35. The van der Waals surface area contributed by atoms with Crippen LogP contribution in [0.4, 0.5) is 13.2 Å². The average molecular weight is 398 g/mol. The molecule has 1 aromatic carbocycles. The van der Waals surface area contributed by atoms with E-state index in [1.165, 1.54) is 12.3 Å². The largest absolute Gasteiger partial charge is 0.416 e. The summed E-state index contributed by atoms with van der Waals surface area (Å²) >= 11 is 0. The lowest BCUT2D eigenvalue weighted by atomic mass is 9.91. The highest BCUT2D eigenvalue weighted by molar-refractivity contribution is 5.63. The van der Waals surface area contributed by atoms with Gasteiger partial charge in [-0.25, -0.2) is 0 Å². The minimum absolute atomic E-state index is 0.124. The molecule has 1 fully saturated rings. The van der Waals surface area contributed by atoms with Crippen molar-refractivity contribution in [3.63, 3.8) is 0 Å². The Morgan fingerprint density at radius 2 is 1.90 bits per heavy atom. The number of aromatic nitrogens is 3. The second-order valence-corrected chi connectivity index (χ2v) is 7.30. The predicted octanol–water partition coefficient (Wildman–Crippen LogP) is 4.94. The van der Waals surface area contributed by atoms with E-state index in [4.69, 9.17) is 0 Å². The Morgan fingerprint density at radius 3 is 2.69 bits per heavy atom. The van der Waals surface area contributed by atoms with Crippen molar-refractivity contribution in [2.75, 3.05) is 13.1 Å². The van der Waals surface area contributed by atoms with E-state index in [0.29, 0.717) is 11.3 Å². The summed E-state index contributed by atoms with van der Waals surface area (Å²) in [5.41, 5.74) is 2.22. The minimum Gasteiger partial charge on any atom is -0.298 e. The number of hydrogen-bond acceptors (Lipinski definition) is 4. The van der Waals surface area contributed by atoms with Gasteiger partial charge in [-0.05, 0) is 43.1 Å². The van der Waals surface area contributed by atoms with Gasteiger partial charge >= 0.3 is 6.18 Å². The van der Waals surface area contributed by atoms with Crippen LogP contribution in [0.3, 0.4) is 0 Å². The zero-order chi connectivity index (χ0) is 20.3. The van der Waals surface area contributed by atoms with Crippen molar-refractivity contribution < 1.29 is 13.2 Å². The van der Waals surface area contributed by atoms with E-state index < -0.39 is 11.7 Å². The van der Waals surface area contributed by atoms with Crippen LogP contribution in [0.2, 0.25) is 0 Å². The Labute approximate surface area is 167 Å². The minimum atomic E-state index is -4.39. The van der Waals surface area contributed by atoms with Crippen molar-refractivity contribution in [3.05, 3.63) is 78.0 Å². The van der Waals surface area contributed by atoms with E-state index >= 15 is 0 Å². The number of nitrogens with zero attached hydrogens (tertiary/aromatic N) is 4. The molecule has 0 spiro atoms. The fourth-order valence-electron chi connectivity index (χ4n) is 3.88. The Balaban J connectivity index is 1.60. The van der Waals surface area contributed by atoms with E-state index in [0.717, 1.165) is 55.9 Å². The normalized spacial score (nSPS) is 18.0. The van der Waals surface area contributed by atoms with E-state index in [9.17, 15) is 13.2 Å². The molecule has 0 amide bonds. The Hall–Kier alpha value is -2.80. The lowest BCUT2D eigenvalue weighted by Crippen LogP contribution is -2.34. The van der Waals surface area contributed by atoms with E-state index in [2.05, 4.69) is 19.9 Å². The molecule has 3 heterocycles. The molecule has 0 bridgehead atoms. The Bertz CT molecular complexity index is 960. The number of piperidine rings is 1. The maximum Gasteiger partial charge on any atom is 0.416 e. The van der Waals surface area contributed by atoms with Crippen molar-refractivity contribution in [1.82, 2.24) is 19.9 Å². The summed E-state index contributed by atoms with van der Waals surface area (Å²) in [5.74, 6) is 0.124. The van der Waals surface area contributed by atoms with Gasteiger partial charge in [-0.15, -0.1) is 0 Å². The molecule has 3 aromatic rings. The van der Waals surface area contributed by atoms with Crippen LogP contribution in [0.5, 0.6) is 0 Å². The van der Waals surface area contributed by atoms with Crippen LogP contribution >= 0.6 is 0 Å². The zero-order valence-corrected chi connectivity index (χ0v) is 15.8. The van der Waals surface area contributed by atoms with Crippen molar-refractivity contribution >= 4 is 0 Å². The Kier molecular flexibility index (Phi) is 5.58. The van der Waals surface area contributed by atoms with Gasteiger partial charge in [-0.1, -0.05) is 18.2 Å². The van der Waals surface area contributed by atoms with Crippen molar-refractivity contribution in [3.8, 4) is 11.3 Å². The molecule has 0 N–H and O–H groups in total. The molecule has 7 heteroatoms. The van der Waals surface area contributed by atoms with Crippen LogP contribution in [0.15, 0.2) is 61.2 Å². The third-order valence-corrected chi connectivity index (χ3v) is 5.21. The first-order valence-electron chi connectivity index (χ1n) is 9.60. The number of pyridine rings is 1. The standard InChI is InChI=1S/C22H21F3N4/c23-22(24,25)19-7-1-5-17(12-19)20-21(28-10-9-27-20)18-6-3-11-29(15-18)14-16-4-2-8-26-13-16/h1-2,4-5,7-10,12-13,18H,3,6,11,14-15H2/t18-/m1/s1. The highest BCUT2D eigenvalue weighted by atomic mass is 19.4. The summed E-state index contributed by atoms with van der Waals surface area (Å²) < 4.78 is 39.4. The second kappa shape index (κ2) is 8.29. The smallest absolute Gasteiger partial charge is 0.298 e. The number of halogens is 3.